The molecule has 0 aliphatic rings. The molecule has 0 aliphatic heterocycles. The van der Waals surface area contributed by atoms with Crippen LogP contribution in [-0.2, 0) is 15.1 Å². The van der Waals surface area contributed by atoms with E-state index in [-0.39, 0.29) is 17.4 Å². The molecule has 8 nitrogen and oxygen atoms in total. The maximum atomic E-state index is 11.9. The Morgan fingerprint density at radius 2 is 1.67 bits per heavy atom. The third-order valence-electron chi connectivity index (χ3n) is 3.47. The first kappa shape index (κ1) is 17.2. The van der Waals surface area contributed by atoms with Crippen LogP contribution in [0.3, 0.4) is 0 Å². The molecule has 0 aliphatic carbocycles. The van der Waals surface area contributed by atoms with Crippen LogP contribution in [0.15, 0.2) is 30.3 Å². The molecular weight excluding hydrogens is 314 g/mol. The minimum atomic E-state index is -2.42. The maximum Gasteiger partial charge on any atom is 0.346 e. The molecule has 2 aromatic rings. The highest BCUT2D eigenvalue weighted by Crippen LogP contribution is 2.27. The summed E-state index contributed by atoms with van der Waals surface area (Å²) in [4.78, 5) is 31.7. The highest BCUT2D eigenvalue weighted by Gasteiger charge is 2.49. The lowest BCUT2D eigenvalue weighted by atomic mass is 9.89. The van der Waals surface area contributed by atoms with Crippen LogP contribution in [0.4, 0.5) is 5.95 Å². The van der Waals surface area contributed by atoms with E-state index in [1.165, 1.54) is 19.2 Å². The van der Waals surface area contributed by atoms with Crippen molar-refractivity contribution in [2.24, 2.45) is 0 Å². The van der Waals surface area contributed by atoms with Gasteiger partial charge in [-0.3, -0.25) is 0 Å². The van der Waals surface area contributed by atoms with Crippen molar-refractivity contribution in [1.29, 1.82) is 0 Å². The largest absolute Gasteiger partial charge is 0.481 e. The van der Waals surface area contributed by atoms with Crippen LogP contribution >= 0.6 is 0 Å². The van der Waals surface area contributed by atoms with Crippen LogP contribution in [0, 0.1) is 13.8 Å². The lowest BCUT2D eigenvalue weighted by Gasteiger charge is -2.27. The van der Waals surface area contributed by atoms with Gasteiger partial charge in [-0.25, -0.2) is 14.6 Å². The predicted molar refractivity (Wildman–Crippen MR) is 85.1 cm³/mol. The van der Waals surface area contributed by atoms with E-state index < -0.39 is 17.5 Å². The predicted octanol–water partition coefficient (Wildman–Crippen LogP) is 1.58. The number of hydrogen-bond donors (Lipinski definition) is 3. The summed E-state index contributed by atoms with van der Waals surface area (Å²) in [6.45, 7) is 3.47. The van der Waals surface area contributed by atoms with Gasteiger partial charge in [-0.2, -0.15) is 4.98 Å². The quantitative estimate of drug-likeness (QED) is 0.682. The Bertz CT molecular complexity index is 760. The molecule has 0 bridgehead atoms. The van der Waals surface area contributed by atoms with Crippen LogP contribution in [0.1, 0.15) is 16.8 Å². The number of aryl methyl sites for hydroxylation is 2. The number of anilines is 1. The van der Waals surface area contributed by atoms with Crippen molar-refractivity contribution in [2.75, 3.05) is 12.4 Å². The summed E-state index contributed by atoms with van der Waals surface area (Å²) in [6.07, 6.45) is 0. The van der Waals surface area contributed by atoms with E-state index in [0.29, 0.717) is 5.69 Å². The second kappa shape index (κ2) is 6.53. The van der Waals surface area contributed by atoms with Gasteiger partial charge in [0.2, 0.25) is 11.8 Å². The van der Waals surface area contributed by atoms with Crippen molar-refractivity contribution < 1.29 is 24.5 Å². The van der Waals surface area contributed by atoms with Gasteiger partial charge in [0.05, 0.1) is 7.11 Å². The van der Waals surface area contributed by atoms with Gasteiger partial charge >= 0.3 is 11.9 Å². The summed E-state index contributed by atoms with van der Waals surface area (Å²) in [5.41, 5.74) is -1.00. The van der Waals surface area contributed by atoms with Crippen LogP contribution in [0.5, 0.6) is 5.88 Å². The number of carboxylic acids is 2. The standard InChI is InChI=1S/C16H17N3O5/c1-9-4-6-11(7-5-9)16(13(20)21,14(22)23)19-15-17-10(2)8-12(18-15)24-3/h4-8H,1-3H3,(H,20,21)(H,22,23)(H,17,18,19). The van der Waals surface area contributed by atoms with Gasteiger partial charge in [0.1, 0.15) is 0 Å². The molecule has 1 aromatic heterocycles. The molecule has 0 saturated carbocycles. The van der Waals surface area contributed by atoms with E-state index in [1.54, 1.807) is 25.1 Å². The summed E-state index contributed by atoms with van der Waals surface area (Å²) >= 11 is 0. The monoisotopic (exact) mass is 331 g/mol. The number of benzene rings is 1. The Morgan fingerprint density at radius 3 is 2.17 bits per heavy atom. The molecule has 0 fully saturated rings. The van der Waals surface area contributed by atoms with Crippen molar-refractivity contribution >= 4 is 17.9 Å². The summed E-state index contributed by atoms with van der Waals surface area (Å²) in [5.74, 6) is -3.12. The summed E-state index contributed by atoms with van der Waals surface area (Å²) in [6, 6.07) is 7.69. The third-order valence-corrected chi connectivity index (χ3v) is 3.47. The molecule has 126 valence electrons. The minimum absolute atomic E-state index is 0.0529. The molecule has 8 heteroatoms. The fourth-order valence-electron chi connectivity index (χ4n) is 2.19. The van der Waals surface area contributed by atoms with Crippen LogP contribution in [0.2, 0.25) is 0 Å². The Kier molecular flexibility index (Phi) is 4.68. The first-order valence-electron chi connectivity index (χ1n) is 7.01. The van der Waals surface area contributed by atoms with Crippen molar-refractivity contribution in [3.8, 4) is 5.88 Å². The fourth-order valence-corrected chi connectivity index (χ4v) is 2.19. The summed E-state index contributed by atoms with van der Waals surface area (Å²) in [5, 5.41) is 21.7. The van der Waals surface area contributed by atoms with Crippen molar-refractivity contribution in [2.45, 2.75) is 19.4 Å². The van der Waals surface area contributed by atoms with Crippen molar-refractivity contribution in [1.82, 2.24) is 9.97 Å². The lowest BCUT2D eigenvalue weighted by Crippen LogP contribution is -2.50. The van der Waals surface area contributed by atoms with E-state index in [1.807, 2.05) is 6.92 Å². The molecule has 0 unspecified atom stereocenters. The van der Waals surface area contributed by atoms with Gasteiger partial charge < -0.3 is 20.3 Å². The topological polar surface area (TPSA) is 122 Å². The summed E-state index contributed by atoms with van der Waals surface area (Å²) in [7, 11) is 1.40. The number of nitrogens with zero attached hydrogens (tertiary/aromatic N) is 2. The van der Waals surface area contributed by atoms with Gasteiger partial charge in [-0.05, 0) is 13.8 Å². The van der Waals surface area contributed by atoms with E-state index in [2.05, 4.69) is 15.3 Å². The van der Waals surface area contributed by atoms with Crippen molar-refractivity contribution in [3.05, 3.63) is 47.2 Å². The van der Waals surface area contributed by atoms with E-state index >= 15 is 0 Å². The number of aliphatic carboxylic acids is 2. The van der Waals surface area contributed by atoms with E-state index in [4.69, 9.17) is 4.74 Å². The molecule has 1 aromatic carbocycles. The fraction of sp³-hybridized carbons (Fsp3) is 0.250. The molecule has 0 spiro atoms. The van der Waals surface area contributed by atoms with Crippen LogP contribution < -0.4 is 10.1 Å². The molecule has 24 heavy (non-hydrogen) atoms. The summed E-state index contributed by atoms with van der Waals surface area (Å²) < 4.78 is 5.01. The molecule has 1 heterocycles. The highest BCUT2D eigenvalue weighted by atomic mass is 16.5. The average Bonchev–Trinajstić information content (AvgIpc) is 2.52. The SMILES string of the molecule is COc1cc(C)nc(NC(C(=O)O)(C(=O)O)c2ccc(C)cc2)n1. The third kappa shape index (κ3) is 3.12. The maximum absolute atomic E-state index is 11.9. The van der Waals surface area contributed by atoms with Gasteiger partial charge in [0.25, 0.3) is 5.54 Å². The van der Waals surface area contributed by atoms with E-state index in [0.717, 1.165) is 5.56 Å². The zero-order chi connectivity index (χ0) is 17.9. The molecule has 0 atom stereocenters. The van der Waals surface area contributed by atoms with Crippen LogP contribution in [0.25, 0.3) is 0 Å². The van der Waals surface area contributed by atoms with Crippen LogP contribution in [-0.4, -0.2) is 39.2 Å². The first-order chi connectivity index (χ1) is 11.3. The number of nitrogens with one attached hydrogen (secondary N) is 1. The lowest BCUT2D eigenvalue weighted by molar-refractivity contribution is -0.156. The average molecular weight is 331 g/mol. The molecule has 3 N–H and O–H groups in total. The van der Waals surface area contributed by atoms with Gasteiger partial charge in [0, 0.05) is 17.3 Å². The number of rotatable bonds is 6. The minimum Gasteiger partial charge on any atom is -0.481 e. The normalized spacial score (nSPS) is 11.0. The zero-order valence-electron chi connectivity index (χ0n) is 13.4. The van der Waals surface area contributed by atoms with Crippen molar-refractivity contribution in [3.63, 3.8) is 0 Å². The Labute approximate surface area is 138 Å². The van der Waals surface area contributed by atoms with Gasteiger partial charge in [0.15, 0.2) is 0 Å². The molecule has 2 rings (SSSR count). The van der Waals surface area contributed by atoms with Gasteiger partial charge in [-0.1, -0.05) is 29.8 Å². The molecular formula is C16H17N3O5. The molecule has 0 saturated heterocycles. The zero-order valence-corrected chi connectivity index (χ0v) is 13.4. The molecule has 0 radical (unpaired) electrons. The smallest absolute Gasteiger partial charge is 0.346 e. The van der Waals surface area contributed by atoms with E-state index in [9.17, 15) is 19.8 Å². The Morgan fingerprint density at radius 1 is 1.08 bits per heavy atom. The second-order valence-corrected chi connectivity index (χ2v) is 5.23. The number of ether oxygens (including phenoxy) is 1. The number of carboxylic acid groups (broad SMARTS) is 2. The highest BCUT2D eigenvalue weighted by molar-refractivity contribution is 6.06. The molecule has 0 amide bonds. The Hall–Kier alpha value is -3.16. The number of carbonyl (C=O) groups is 2. The number of hydrogen-bond acceptors (Lipinski definition) is 6. The van der Waals surface area contributed by atoms with Gasteiger partial charge in [-0.15, -0.1) is 0 Å². The first-order valence-corrected chi connectivity index (χ1v) is 7.01. The Balaban J connectivity index is 2.59. The number of methoxy groups -OCH3 is 1. The second-order valence-electron chi connectivity index (χ2n) is 5.23. The number of aromatic nitrogens is 2.